The minimum Gasteiger partial charge on any atom is -0.434 e. The third kappa shape index (κ3) is 3.00. The van der Waals surface area contributed by atoms with E-state index >= 15 is 0 Å². The van der Waals surface area contributed by atoms with E-state index < -0.39 is 12.0 Å². The molecule has 0 aliphatic carbocycles. The summed E-state index contributed by atoms with van der Waals surface area (Å²) < 4.78 is 29.1. The van der Waals surface area contributed by atoms with Crippen LogP contribution in [0.1, 0.15) is 20.7 Å². The van der Waals surface area contributed by atoms with Crippen LogP contribution in [0.15, 0.2) is 36.4 Å². The minimum absolute atomic E-state index is 0.124. The van der Waals surface area contributed by atoms with E-state index in [4.69, 9.17) is 11.6 Å². The van der Waals surface area contributed by atoms with Crippen molar-refractivity contribution in [1.29, 1.82) is 0 Å². The molecule has 96 valence electrons. The van der Waals surface area contributed by atoms with Crippen LogP contribution >= 0.6 is 22.9 Å². The van der Waals surface area contributed by atoms with Gasteiger partial charge >= 0.3 is 6.61 Å². The molecule has 0 fully saturated rings. The summed E-state index contributed by atoms with van der Waals surface area (Å²) >= 11 is 7.86. The SMILES string of the molecule is Cc1ccc(C(Cl)c2ccccc2OC(F)F)s1. The summed E-state index contributed by atoms with van der Waals surface area (Å²) in [5.41, 5.74) is 0.557. The van der Waals surface area contributed by atoms with Crippen molar-refractivity contribution in [3.05, 3.63) is 51.7 Å². The van der Waals surface area contributed by atoms with Crippen molar-refractivity contribution in [3.8, 4) is 5.75 Å². The van der Waals surface area contributed by atoms with E-state index in [-0.39, 0.29) is 5.75 Å². The number of aryl methyl sites for hydroxylation is 1. The second kappa shape index (κ2) is 5.67. The number of alkyl halides is 3. The van der Waals surface area contributed by atoms with Gasteiger partial charge in [0.25, 0.3) is 0 Å². The molecule has 1 heterocycles. The third-order valence-electron chi connectivity index (χ3n) is 2.42. The van der Waals surface area contributed by atoms with Crippen LogP contribution in [0.5, 0.6) is 5.75 Å². The zero-order valence-electron chi connectivity index (χ0n) is 9.57. The monoisotopic (exact) mass is 288 g/mol. The molecule has 18 heavy (non-hydrogen) atoms. The van der Waals surface area contributed by atoms with Gasteiger partial charge in [-0.3, -0.25) is 0 Å². The van der Waals surface area contributed by atoms with Gasteiger partial charge in [0, 0.05) is 15.3 Å². The lowest BCUT2D eigenvalue weighted by molar-refractivity contribution is -0.0504. The Hall–Kier alpha value is -1.13. The number of halogens is 3. The van der Waals surface area contributed by atoms with Gasteiger partial charge in [-0.25, -0.2) is 0 Å². The maximum Gasteiger partial charge on any atom is 0.387 e. The van der Waals surface area contributed by atoms with Gasteiger partial charge in [-0.15, -0.1) is 22.9 Å². The summed E-state index contributed by atoms with van der Waals surface area (Å²) in [6.07, 6.45) is 0. The molecule has 1 nitrogen and oxygen atoms in total. The number of hydrogen-bond donors (Lipinski definition) is 0. The molecular formula is C13H11ClF2OS. The van der Waals surface area contributed by atoms with E-state index in [9.17, 15) is 8.78 Å². The van der Waals surface area contributed by atoms with Gasteiger partial charge in [0.1, 0.15) is 5.75 Å². The molecule has 1 aromatic heterocycles. The lowest BCUT2D eigenvalue weighted by Crippen LogP contribution is -2.05. The molecule has 1 unspecified atom stereocenters. The summed E-state index contributed by atoms with van der Waals surface area (Å²) in [5, 5.41) is -0.473. The molecule has 0 bridgehead atoms. The smallest absolute Gasteiger partial charge is 0.387 e. The summed E-state index contributed by atoms with van der Waals surface area (Å²) in [7, 11) is 0. The van der Waals surface area contributed by atoms with Crippen LogP contribution in [0.25, 0.3) is 0 Å². The molecule has 2 aromatic rings. The van der Waals surface area contributed by atoms with Crippen LogP contribution in [0.4, 0.5) is 8.78 Å². The van der Waals surface area contributed by atoms with Gasteiger partial charge < -0.3 is 4.74 Å². The van der Waals surface area contributed by atoms with Crippen LogP contribution in [0.3, 0.4) is 0 Å². The molecule has 0 amide bonds. The summed E-state index contributed by atoms with van der Waals surface area (Å²) in [6, 6.07) is 10.4. The zero-order chi connectivity index (χ0) is 13.1. The van der Waals surface area contributed by atoms with E-state index in [1.165, 1.54) is 6.07 Å². The van der Waals surface area contributed by atoms with Gasteiger partial charge in [-0.1, -0.05) is 18.2 Å². The Morgan fingerprint density at radius 2 is 1.89 bits per heavy atom. The molecule has 0 radical (unpaired) electrons. The average Bonchev–Trinajstić information content (AvgIpc) is 2.75. The zero-order valence-corrected chi connectivity index (χ0v) is 11.1. The summed E-state index contributed by atoms with van der Waals surface area (Å²) in [4.78, 5) is 2.04. The van der Waals surface area contributed by atoms with E-state index in [1.54, 1.807) is 29.5 Å². The van der Waals surface area contributed by atoms with Crippen molar-refractivity contribution < 1.29 is 13.5 Å². The number of benzene rings is 1. The fourth-order valence-corrected chi connectivity index (χ4v) is 2.90. The highest BCUT2D eigenvalue weighted by atomic mass is 35.5. The van der Waals surface area contributed by atoms with E-state index in [1.807, 2.05) is 19.1 Å². The molecule has 0 aliphatic heterocycles. The highest BCUT2D eigenvalue weighted by molar-refractivity contribution is 7.12. The van der Waals surface area contributed by atoms with Crippen molar-refractivity contribution in [2.24, 2.45) is 0 Å². The Morgan fingerprint density at radius 1 is 1.17 bits per heavy atom. The molecule has 0 N–H and O–H groups in total. The molecule has 2 rings (SSSR count). The summed E-state index contributed by atoms with van der Waals surface area (Å²) in [6.45, 7) is -0.876. The topological polar surface area (TPSA) is 9.23 Å². The maximum atomic E-state index is 12.3. The first kappa shape index (κ1) is 13.3. The Balaban J connectivity index is 2.32. The van der Waals surface area contributed by atoms with Gasteiger partial charge in [-0.2, -0.15) is 8.78 Å². The second-order valence-corrected chi connectivity index (χ2v) is 5.48. The van der Waals surface area contributed by atoms with Crippen molar-refractivity contribution in [2.45, 2.75) is 18.9 Å². The Bertz CT molecular complexity index is 527. The number of rotatable bonds is 4. The van der Waals surface area contributed by atoms with Crippen molar-refractivity contribution in [1.82, 2.24) is 0 Å². The molecule has 0 aliphatic rings. The first-order valence-electron chi connectivity index (χ1n) is 5.32. The predicted molar refractivity (Wildman–Crippen MR) is 69.8 cm³/mol. The summed E-state index contributed by atoms with van der Waals surface area (Å²) in [5.74, 6) is 0.124. The molecular weight excluding hydrogens is 278 g/mol. The van der Waals surface area contributed by atoms with E-state index in [0.29, 0.717) is 5.56 Å². The van der Waals surface area contributed by atoms with E-state index in [2.05, 4.69) is 4.74 Å². The molecule has 0 spiro atoms. The second-order valence-electron chi connectivity index (χ2n) is 3.73. The van der Waals surface area contributed by atoms with Gasteiger partial charge in [0.05, 0.1) is 5.38 Å². The van der Waals surface area contributed by atoms with Crippen LogP contribution in [0.2, 0.25) is 0 Å². The van der Waals surface area contributed by atoms with E-state index in [0.717, 1.165) is 9.75 Å². The lowest BCUT2D eigenvalue weighted by Gasteiger charge is -2.13. The first-order chi connectivity index (χ1) is 8.58. The lowest BCUT2D eigenvalue weighted by atomic mass is 10.1. The van der Waals surface area contributed by atoms with Crippen LogP contribution < -0.4 is 4.74 Å². The van der Waals surface area contributed by atoms with Crippen LogP contribution in [-0.4, -0.2) is 6.61 Å². The fourth-order valence-electron chi connectivity index (χ4n) is 1.64. The Kier molecular flexibility index (Phi) is 4.19. The highest BCUT2D eigenvalue weighted by Crippen LogP contribution is 2.38. The minimum atomic E-state index is -2.85. The van der Waals surface area contributed by atoms with Gasteiger partial charge in [-0.05, 0) is 25.1 Å². The number of thiophene rings is 1. The van der Waals surface area contributed by atoms with Crippen LogP contribution in [0, 0.1) is 6.92 Å². The molecule has 0 saturated heterocycles. The standard InChI is InChI=1S/C13H11ClF2OS/c1-8-6-7-11(18-8)12(14)9-4-2-3-5-10(9)17-13(15)16/h2-7,12-13H,1H3. The molecule has 0 saturated carbocycles. The quantitative estimate of drug-likeness (QED) is 0.721. The largest absolute Gasteiger partial charge is 0.434 e. The van der Waals surface area contributed by atoms with Crippen molar-refractivity contribution >= 4 is 22.9 Å². The van der Waals surface area contributed by atoms with Gasteiger partial charge in [0.15, 0.2) is 0 Å². The number of para-hydroxylation sites is 1. The third-order valence-corrected chi connectivity index (χ3v) is 4.08. The average molecular weight is 289 g/mol. The van der Waals surface area contributed by atoms with Crippen molar-refractivity contribution in [2.75, 3.05) is 0 Å². The van der Waals surface area contributed by atoms with Crippen LogP contribution in [-0.2, 0) is 0 Å². The fraction of sp³-hybridized carbons (Fsp3) is 0.231. The first-order valence-corrected chi connectivity index (χ1v) is 6.57. The highest BCUT2D eigenvalue weighted by Gasteiger charge is 2.18. The van der Waals surface area contributed by atoms with Gasteiger partial charge in [0.2, 0.25) is 0 Å². The Morgan fingerprint density at radius 3 is 2.50 bits per heavy atom. The normalized spacial score (nSPS) is 12.7. The Labute approximate surface area is 113 Å². The predicted octanol–water partition coefficient (Wildman–Crippen LogP) is 4.99. The molecule has 5 heteroatoms. The maximum absolute atomic E-state index is 12.3. The number of hydrogen-bond acceptors (Lipinski definition) is 2. The molecule has 1 atom stereocenters. The number of ether oxygens (including phenoxy) is 1. The van der Waals surface area contributed by atoms with Crippen molar-refractivity contribution in [3.63, 3.8) is 0 Å². The molecule has 1 aromatic carbocycles.